The van der Waals surface area contributed by atoms with Gasteiger partial charge in [0.05, 0.1) is 16.8 Å². The van der Waals surface area contributed by atoms with Gasteiger partial charge < -0.3 is 13.5 Å². The van der Waals surface area contributed by atoms with Crippen molar-refractivity contribution in [3.8, 4) is 34.0 Å². The molecule has 200 valence electrons. The van der Waals surface area contributed by atoms with E-state index in [1.54, 1.807) is 44.4 Å². The highest BCUT2D eigenvalue weighted by Gasteiger charge is 2.24. The van der Waals surface area contributed by atoms with E-state index in [-0.39, 0.29) is 10.8 Å². The fourth-order valence-electron chi connectivity index (χ4n) is 4.57. The zero-order valence-corrected chi connectivity index (χ0v) is 22.6. The number of nitrogens with one attached hydrogen (secondary N) is 1. The first-order chi connectivity index (χ1) is 19.4. The Bertz CT molecular complexity index is 1890. The van der Waals surface area contributed by atoms with Crippen molar-refractivity contribution >= 4 is 15.9 Å². The number of aromatic nitrogens is 4. The van der Waals surface area contributed by atoms with E-state index >= 15 is 0 Å². The summed E-state index contributed by atoms with van der Waals surface area (Å²) < 4.78 is 42.7. The highest BCUT2D eigenvalue weighted by Crippen LogP contribution is 2.35. The van der Waals surface area contributed by atoms with E-state index in [9.17, 15) is 8.42 Å². The molecule has 6 aromatic rings. The van der Waals surface area contributed by atoms with E-state index < -0.39 is 10.0 Å². The number of imidazole rings is 1. The first-order valence-corrected chi connectivity index (χ1v) is 14.0. The molecule has 3 aromatic heterocycles. The highest BCUT2D eigenvalue weighted by atomic mass is 32.2. The number of nitrogens with zero attached hydrogens (tertiary/aromatic N) is 4. The Morgan fingerprint density at radius 1 is 0.875 bits per heavy atom. The molecule has 0 atom stereocenters. The van der Waals surface area contributed by atoms with Crippen molar-refractivity contribution in [1.29, 1.82) is 0 Å². The molecule has 40 heavy (non-hydrogen) atoms. The largest absolute Gasteiger partial charge is 0.445 e. The van der Waals surface area contributed by atoms with Gasteiger partial charge in [-0.05, 0) is 43.2 Å². The average Bonchev–Trinajstić information content (AvgIpc) is 3.73. The predicted molar refractivity (Wildman–Crippen MR) is 151 cm³/mol. The lowest BCUT2D eigenvalue weighted by atomic mass is 9.97. The minimum Gasteiger partial charge on any atom is -0.445 e. The normalized spacial score (nSPS) is 11.6. The third-order valence-electron chi connectivity index (χ3n) is 6.72. The number of benzene rings is 3. The standard InChI is InChI=1S/C30H25N5O4S/c1-20-21(2)33-39-29(20)34-40(36,37)27-11-7-6-10-26(27)25-13-12-23(30-32-15-17-38-30)18-24(25)19-35-16-14-31-28(35)22-8-4-3-5-9-22/h3-18,34H,19H2,1-2H3. The first-order valence-electron chi connectivity index (χ1n) is 12.5. The highest BCUT2D eigenvalue weighted by molar-refractivity contribution is 7.92. The molecule has 10 heteroatoms. The second kappa shape index (κ2) is 10.3. The molecule has 3 aromatic carbocycles. The second-order valence-corrected chi connectivity index (χ2v) is 10.9. The van der Waals surface area contributed by atoms with Crippen LogP contribution in [0.5, 0.6) is 0 Å². The van der Waals surface area contributed by atoms with Crippen LogP contribution < -0.4 is 4.72 Å². The molecule has 0 saturated heterocycles. The maximum atomic E-state index is 13.6. The lowest BCUT2D eigenvalue weighted by Gasteiger charge is -2.17. The summed E-state index contributed by atoms with van der Waals surface area (Å²) in [4.78, 5) is 8.99. The summed E-state index contributed by atoms with van der Waals surface area (Å²) in [6.07, 6.45) is 6.77. The lowest BCUT2D eigenvalue weighted by Crippen LogP contribution is -2.14. The Labute approximate surface area is 231 Å². The van der Waals surface area contributed by atoms with Crippen LogP contribution in [0.4, 0.5) is 5.88 Å². The monoisotopic (exact) mass is 551 g/mol. The summed E-state index contributed by atoms with van der Waals surface area (Å²) in [5.41, 5.74) is 5.14. The van der Waals surface area contributed by atoms with Crippen LogP contribution in [0.2, 0.25) is 0 Å². The summed E-state index contributed by atoms with van der Waals surface area (Å²) in [6, 6.07) is 22.5. The maximum Gasteiger partial charge on any atom is 0.264 e. The molecule has 0 aliphatic rings. The number of oxazole rings is 1. The van der Waals surface area contributed by atoms with Gasteiger partial charge in [0.1, 0.15) is 12.1 Å². The van der Waals surface area contributed by atoms with Crippen molar-refractivity contribution in [3.05, 3.63) is 114 Å². The molecule has 0 spiro atoms. The van der Waals surface area contributed by atoms with Crippen molar-refractivity contribution in [2.75, 3.05) is 4.72 Å². The third kappa shape index (κ3) is 4.80. The minimum absolute atomic E-state index is 0.0951. The van der Waals surface area contributed by atoms with Gasteiger partial charge in [0.25, 0.3) is 10.0 Å². The Hall–Kier alpha value is -4.96. The smallest absolute Gasteiger partial charge is 0.264 e. The summed E-state index contributed by atoms with van der Waals surface area (Å²) in [5, 5.41) is 3.87. The van der Waals surface area contributed by atoms with Crippen LogP contribution >= 0.6 is 0 Å². The van der Waals surface area contributed by atoms with Gasteiger partial charge in [-0.2, -0.15) is 0 Å². The van der Waals surface area contributed by atoms with E-state index in [1.807, 2.05) is 65.4 Å². The molecule has 0 aliphatic carbocycles. The predicted octanol–water partition coefficient (Wildman–Crippen LogP) is 6.33. The molecule has 0 saturated carbocycles. The van der Waals surface area contributed by atoms with Gasteiger partial charge in [0.15, 0.2) is 0 Å². The average molecular weight is 552 g/mol. The summed E-state index contributed by atoms with van der Waals surface area (Å²) in [6.45, 7) is 3.94. The molecular weight excluding hydrogens is 526 g/mol. The van der Waals surface area contributed by atoms with Crippen LogP contribution in [0.1, 0.15) is 16.8 Å². The number of hydrogen-bond acceptors (Lipinski definition) is 7. The van der Waals surface area contributed by atoms with Crippen molar-refractivity contribution in [1.82, 2.24) is 19.7 Å². The van der Waals surface area contributed by atoms with Crippen LogP contribution in [-0.4, -0.2) is 28.1 Å². The van der Waals surface area contributed by atoms with Gasteiger partial charge in [-0.1, -0.05) is 59.8 Å². The van der Waals surface area contributed by atoms with E-state index in [1.165, 1.54) is 6.26 Å². The number of anilines is 1. The number of sulfonamides is 1. The Balaban J connectivity index is 1.47. The zero-order valence-electron chi connectivity index (χ0n) is 21.8. The van der Waals surface area contributed by atoms with Crippen molar-refractivity contribution in [2.45, 2.75) is 25.3 Å². The van der Waals surface area contributed by atoms with Crippen molar-refractivity contribution in [3.63, 3.8) is 0 Å². The molecule has 0 amide bonds. The van der Waals surface area contributed by atoms with Gasteiger partial charge in [0.2, 0.25) is 11.8 Å². The summed E-state index contributed by atoms with van der Waals surface area (Å²) >= 11 is 0. The zero-order chi connectivity index (χ0) is 27.7. The molecule has 1 N–H and O–H groups in total. The molecular formula is C30H25N5O4S. The van der Waals surface area contributed by atoms with Crippen LogP contribution in [0, 0.1) is 13.8 Å². The number of aryl methyl sites for hydroxylation is 1. The Morgan fingerprint density at radius 3 is 2.42 bits per heavy atom. The van der Waals surface area contributed by atoms with Crippen LogP contribution in [0.3, 0.4) is 0 Å². The summed E-state index contributed by atoms with van der Waals surface area (Å²) in [5.74, 6) is 1.37. The molecule has 9 nitrogen and oxygen atoms in total. The number of hydrogen-bond donors (Lipinski definition) is 1. The van der Waals surface area contributed by atoms with Crippen LogP contribution in [-0.2, 0) is 16.6 Å². The SMILES string of the molecule is Cc1noc(NS(=O)(=O)c2ccccc2-c2ccc(-c3ncco3)cc2Cn2ccnc2-c2ccccc2)c1C. The van der Waals surface area contributed by atoms with Crippen molar-refractivity contribution < 1.29 is 17.4 Å². The van der Waals surface area contributed by atoms with E-state index in [2.05, 4.69) is 19.8 Å². The fraction of sp³-hybridized carbons (Fsp3) is 0.100. The second-order valence-electron chi connectivity index (χ2n) is 9.28. The molecule has 0 aliphatic heterocycles. The third-order valence-corrected chi connectivity index (χ3v) is 8.11. The van der Waals surface area contributed by atoms with Crippen molar-refractivity contribution in [2.24, 2.45) is 0 Å². The number of rotatable bonds is 8. The molecule has 0 unspecified atom stereocenters. The van der Waals surface area contributed by atoms with Crippen LogP contribution in [0.15, 0.2) is 111 Å². The van der Waals surface area contributed by atoms with Gasteiger partial charge in [-0.3, -0.25) is 0 Å². The van der Waals surface area contributed by atoms with Gasteiger partial charge >= 0.3 is 0 Å². The lowest BCUT2D eigenvalue weighted by molar-refractivity contribution is 0.430. The molecule has 0 bridgehead atoms. The summed E-state index contributed by atoms with van der Waals surface area (Å²) in [7, 11) is -4.02. The molecule has 3 heterocycles. The van der Waals surface area contributed by atoms with E-state index in [4.69, 9.17) is 8.94 Å². The van der Waals surface area contributed by atoms with Gasteiger partial charge in [0, 0.05) is 41.2 Å². The molecule has 0 fully saturated rings. The fourth-order valence-corrected chi connectivity index (χ4v) is 5.83. The Morgan fingerprint density at radius 2 is 1.68 bits per heavy atom. The van der Waals surface area contributed by atoms with Gasteiger partial charge in [-0.15, -0.1) is 0 Å². The van der Waals surface area contributed by atoms with E-state index in [0.29, 0.717) is 29.3 Å². The topological polar surface area (TPSA) is 116 Å². The quantitative estimate of drug-likeness (QED) is 0.235. The molecule has 0 radical (unpaired) electrons. The Kier molecular flexibility index (Phi) is 6.53. The minimum atomic E-state index is -4.02. The maximum absolute atomic E-state index is 13.6. The van der Waals surface area contributed by atoms with E-state index in [0.717, 1.165) is 28.1 Å². The first kappa shape index (κ1) is 25.3. The van der Waals surface area contributed by atoms with Gasteiger partial charge in [-0.25, -0.2) is 23.1 Å². The molecule has 6 rings (SSSR count). The van der Waals surface area contributed by atoms with Crippen LogP contribution in [0.25, 0.3) is 34.0 Å².